The average Bonchev–Trinajstić information content (AvgIpc) is 2.31. The van der Waals surface area contributed by atoms with Crippen molar-refractivity contribution in [3.63, 3.8) is 0 Å². The number of halogens is 1. The number of pyridine rings is 1. The van der Waals surface area contributed by atoms with Crippen LogP contribution < -0.4 is 10.6 Å². The summed E-state index contributed by atoms with van der Waals surface area (Å²) in [5.74, 6) is -0.0345. The molecule has 0 unspecified atom stereocenters. The van der Waals surface area contributed by atoms with Gasteiger partial charge in [0.15, 0.2) is 0 Å². The average molecular weight is 316 g/mol. The van der Waals surface area contributed by atoms with Gasteiger partial charge in [0.05, 0.1) is 6.61 Å². The third kappa shape index (κ3) is 4.70. The lowest BCUT2D eigenvalue weighted by molar-refractivity contribution is -0.141. The lowest BCUT2D eigenvalue weighted by Crippen LogP contribution is -2.34. The Morgan fingerprint density at radius 2 is 2.22 bits per heavy atom. The zero-order chi connectivity index (χ0) is 13.5. The minimum absolute atomic E-state index is 0.171. The highest BCUT2D eigenvalue weighted by Gasteiger charge is 2.08. The molecule has 0 aliphatic rings. The van der Waals surface area contributed by atoms with Crippen molar-refractivity contribution >= 4 is 33.7 Å². The van der Waals surface area contributed by atoms with Crippen molar-refractivity contribution in [3.05, 3.63) is 22.3 Å². The number of aryl methyl sites for hydroxylation is 1. The van der Waals surface area contributed by atoms with Gasteiger partial charge in [-0.05, 0) is 41.4 Å². The summed E-state index contributed by atoms with van der Waals surface area (Å²) in [5.41, 5.74) is 0.815. The van der Waals surface area contributed by atoms with E-state index in [0.29, 0.717) is 5.82 Å². The van der Waals surface area contributed by atoms with Crippen LogP contribution in [-0.4, -0.2) is 30.1 Å². The third-order valence-corrected chi connectivity index (χ3v) is 2.41. The lowest BCUT2D eigenvalue weighted by atomic mass is 10.3. The summed E-state index contributed by atoms with van der Waals surface area (Å²) in [6.45, 7) is 3.64. The molecule has 18 heavy (non-hydrogen) atoms. The smallest absolute Gasteiger partial charge is 0.325 e. The topological polar surface area (TPSA) is 80.3 Å². The number of nitrogens with zero attached hydrogens (tertiary/aromatic N) is 1. The van der Waals surface area contributed by atoms with Gasteiger partial charge in [-0.1, -0.05) is 0 Å². The highest BCUT2D eigenvalue weighted by molar-refractivity contribution is 9.10. The molecule has 0 radical (unpaired) electrons. The summed E-state index contributed by atoms with van der Waals surface area (Å²) >= 11 is 3.28. The fourth-order valence-electron chi connectivity index (χ4n) is 1.19. The van der Waals surface area contributed by atoms with Gasteiger partial charge in [-0.15, -0.1) is 0 Å². The maximum absolute atomic E-state index is 11.5. The molecule has 0 aliphatic heterocycles. The number of ether oxygens (including phenoxy) is 1. The number of rotatable bonds is 4. The van der Waals surface area contributed by atoms with Crippen LogP contribution in [0.3, 0.4) is 0 Å². The van der Waals surface area contributed by atoms with Crippen LogP contribution in [-0.2, 0) is 9.53 Å². The molecule has 2 N–H and O–H groups in total. The van der Waals surface area contributed by atoms with Crippen LogP contribution in [0, 0.1) is 6.92 Å². The SMILES string of the molecule is CCOC(=O)CNC(=O)Nc1ncc(Br)cc1C. The van der Waals surface area contributed by atoms with E-state index < -0.39 is 12.0 Å². The van der Waals surface area contributed by atoms with Crippen molar-refractivity contribution in [2.45, 2.75) is 13.8 Å². The minimum atomic E-state index is -0.499. The van der Waals surface area contributed by atoms with Crippen LogP contribution in [0.4, 0.5) is 10.6 Å². The molecule has 98 valence electrons. The van der Waals surface area contributed by atoms with Gasteiger partial charge in [-0.2, -0.15) is 0 Å². The number of carbonyl (C=O) groups excluding carboxylic acids is 2. The van der Waals surface area contributed by atoms with E-state index in [4.69, 9.17) is 0 Å². The number of esters is 1. The van der Waals surface area contributed by atoms with E-state index in [-0.39, 0.29) is 13.2 Å². The van der Waals surface area contributed by atoms with Crippen LogP contribution >= 0.6 is 15.9 Å². The molecule has 1 rings (SSSR count). The Morgan fingerprint density at radius 3 is 2.83 bits per heavy atom. The molecule has 0 bridgehead atoms. The van der Waals surface area contributed by atoms with Gasteiger partial charge in [0, 0.05) is 10.7 Å². The normalized spacial score (nSPS) is 9.72. The Balaban J connectivity index is 2.47. The van der Waals surface area contributed by atoms with Gasteiger partial charge in [0.1, 0.15) is 12.4 Å². The first-order chi connectivity index (χ1) is 8.52. The molecular formula is C11H14BrN3O3. The fourth-order valence-corrected chi connectivity index (χ4v) is 1.63. The van der Waals surface area contributed by atoms with Crippen molar-refractivity contribution in [2.24, 2.45) is 0 Å². The Labute approximate surface area is 113 Å². The number of hydrogen-bond acceptors (Lipinski definition) is 4. The van der Waals surface area contributed by atoms with Crippen LogP contribution in [0.15, 0.2) is 16.7 Å². The van der Waals surface area contributed by atoms with Gasteiger partial charge in [0.2, 0.25) is 0 Å². The largest absolute Gasteiger partial charge is 0.465 e. The van der Waals surface area contributed by atoms with Gasteiger partial charge in [0.25, 0.3) is 0 Å². The molecule has 0 saturated heterocycles. The van der Waals surface area contributed by atoms with Crippen molar-refractivity contribution < 1.29 is 14.3 Å². The molecule has 0 spiro atoms. The molecule has 0 fully saturated rings. The fraction of sp³-hybridized carbons (Fsp3) is 0.364. The highest BCUT2D eigenvalue weighted by Crippen LogP contribution is 2.16. The van der Waals surface area contributed by atoms with E-state index in [9.17, 15) is 9.59 Å². The Kier molecular flexibility index (Phi) is 5.57. The number of hydrogen-bond donors (Lipinski definition) is 2. The van der Waals surface area contributed by atoms with Gasteiger partial charge in [-0.25, -0.2) is 9.78 Å². The number of carbonyl (C=O) groups is 2. The summed E-state index contributed by atoms with van der Waals surface area (Å²) in [4.78, 5) is 26.5. The summed E-state index contributed by atoms with van der Waals surface area (Å²) < 4.78 is 5.51. The predicted molar refractivity (Wildman–Crippen MR) is 70.3 cm³/mol. The quantitative estimate of drug-likeness (QED) is 0.831. The Bertz CT molecular complexity index is 451. The van der Waals surface area contributed by atoms with E-state index in [2.05, 4.69) is 36.3 Å². The molecule has 1 aromatic rings. The number of amides is 2. The standard InChI is InChI=1S/C11H14BrN3O3/c1-3-18-9(16)6-14-11(17)15-10-7(2)4-8(12)5-13-10/h4-5H,3,6H2,1-2H3,(H2,13,14,15,17). The van der Waals surface area contributed by atoms with Gasteiger partial charge < -0.3 is 10.1 Å². The molecule has 0 atom stereocenters. The van der Waals surface area contributed by atoms with E-state index >= 15 is 0 Å². The van der Waals surface area contributed by atoms with Crippen LogP contribution in [0.2, 0.25) is 0 Å². The summed E-state index contributed by atoms with van der Waals surface area (Å²) in [5, 5.41) is 4.93. The monoisotopic (exact) mass is 315 g/mol. The molecule has 1 heterocycles. The maximum Gasteiger partial charge on any atom is 0.325 e. The lowest BCUT2D eigenvalue weighted by Gasteiger charge is -2.08. The van der Waals surface area contributed by atoms with Crippen molar-refractivity contribution in [1.82, 2.24) is 10.3 Å². The Hall–Kier alpha value is -1.63. The van der Waals surface area contributed by atoms with Gasteiger partial charge in [-0.3, -0.25) is 10.1 Å². The van der Waals surface area contributed by atoms with Crippen LogP contribution in [0.25, 0.3) is 0 Å². The summed E-state index contributed by atoms with van der Waals surface area (Å²) in [6.07, 6.45) is 1.58. The molecule has 0 saturated carbocycles. The van der Waals surface area contributed by atoms with Crippen LogP contribution in [0.5, 0.6) is 0 Å². The molecule has 0 aromatic carbocycles. The second kappa shape index (κ2) is 6.95. The number of urea groups is 1. The summed E-state index contributed by atoms with van der Waals surface area (Å²) in [6, 6.07) is 1.33. The zero-order valence-corrected chi connectivity index (χ0v) is 11.7. The van der Waals surface area contributed by atoms with E-state index in [0.717, 1.165) is 10.0 Å². The van der Waals surface area contributed by atoms with Crippen molar-refractivity contribution in [3.8, 4) is 0 Å². The molecule has 2 amide bonds. The zero-order valence-electron chi connectivity index (χ0n) is 10.1. The number of aromatic nitrogens is 1. The van der Waals surface area contributed by atoms with Crippen molar-refractivity contribution in [1.29, 1.82) is 0 Å². The second-order valence-corrected chi connectivity index (χ2v) is 4.35. The van der Waals surface area contributed by atoms with Gasteiger partial charge >= 0.3 is 12.0 Å². The number of anilines is 1. The molecule has 0 aliphatic carbocycles. The molecule has 6 nitrogen and oxygen atoms in total. The molecular weight excluding hydrogens is 302 g/mol. The maximum atomic E-state index is 11.5. The molecule has 7 heteroatoms. The van der Waals surface area contributed by atoms with E-state index in [1.165, 1.54) is 0 Å². The Morgan fingerprint density at radius 1 is 1.50 bits per heavy atom. The first-order valence-corrected chi connectivity index (χ1v) is 6.15. The predicted octanol–water partition coefficient (Wildman–Crippen LogP) is 1.84. The third-order valence-electron chi connectivity index (χ3n) is 1.98. The van der Waals surface area contributed by atoms with Crippen molar-refractivity contribution in [2.75, 3.05) is 18.5 Å². The first kappa shape index (κ1) is 14.4. The highest BCUT2D eigenvalue weighted by atomic mass is 79.9. The van der Waals surface area contributed by atoms with E-state index in [1.54, 1.807) is 13.1 Å². The molecule has 1 aromatic heterocycles. The minimum Gasteiger partial charge on any atom is -0.465 e. The number of nitrogens with one attached hydrogen (secondary N) is 2. The first-order valence-electron chi connectivity index (χ1n) is 5.35. The second-order valence-electron chi connectivity index (χ2n) is 3.43. The van der Waals surface area contributed by atoms with E-state index in [1.807, 2.05) is 13.0 Å². The van der Waals surface area contributed by atoms with Crippen LogP contribution in [0.1, 0.15) is 12.5 Å². The summed E-state index contributed by atoms with van der Waals surface area (Å²) in [7, 11) is 0.